The summed E-state index contributed by atoms with van der Waals surface area (Å²) >= 11 is 0. The van der Waals surface area contributed by atoms with Crippen LogP contribution in [0.5, 0.6) is 0 Å². The first-order valence-corrected chi connectivity index (χ1v) is 2.75. The van der Waals surface area contributed by atoms with E-state index in [1.807, 2.05) is 36.1 Å². The molecular formula is C8H8N+. The minimum atomic E-state index is 0.917. The van der Waals surface area contributed by atoms with E-state index in [-0.39, 0.29) is 0 Å². The first-order chi connectivity index (χ1) is 4.33. The van der Waals surface area contributed by atoms with Gasteiger partial charge in [0.2, 0.25) is 0 Å². The molecule has 9 heavy (non-hydrogen) atoms. The van der Waals surface area contributed by atoms with Gasteiger partial charge in [-0.25, -0.2) is 4.57 Å². The summed E-state index contributed by atoms with van der Waals surface area (Å²) in [5, 5.41) is 0. The molecule has 0 atom stereocenters. The van der Waals surface area contributed by atoms with Gasteiger partial charge >= 0.3 is 0 Å². The second kappa shape index (κ2) is 2.32. The second-order valence-corrected chi connectivity index (χ2v) is 1.90. The van der Waals surface area contributed by atoms with Gasteiger partial charge in [0.25, 0.3) is 0 Å². The van der Waals surface area contributed by atoms with Crippen molar-refractivity contribution in [3.63, 3.8) is 0 Å². The maximum absolute atomic E-state index is 5.16. The summed E-state index contributed by atoms with van der Waals surface area (Å²) in [6.07, 6.45) is 9.00. The standard InChI is InChI=1S/C8H8N/c1-3-8-5-4-6-9(2)7-8/h1,4-7H,2H3/q+1. The minimum Gasteiger partial charge on any atom is -0.207 e. The molecular weight excluding hydrogens is 110 g/mol. The highest BCUT2D eigenvalue weighted by Crippen LogP contribution is 1.87. The molecule has 0 saturated carbocycles. The third kappa shape index (κ3) is 1.30. The molecule has 0 aromatic carbocycles. The fourth-order valence-corrected chi connectivity index (χ4v) is 0.673. The zero-order chi connectivity index (χ0) is 6.69. The Balaban J connectivity index is 3.12. The Kier molecular flexibility index (Phi) is 1.51. The van der Waals surface area contributed by atoms with Crippen molar-refractivity contribution in [2.24, 2.45) is 7.05 Å². The van der Waals surface area contributed by atoms with Gasteiger partial charge in [-0.2, -0.15) is 0 Å². The lowest BCUT2D eigenvalue weighted by molar-refractivity contribution is -0.671. The van der Waals surface area contributed by atoms with Crippen LogP contribution in [-0.4, -0.2) is 0 Å². The van der Waals surface area contributed by atoms with Crippen molar-refractivity contribution in [2.45, 2.75) is 0 Å². The van der Waals surface area contributed by atoms with Gasteiger partial charge in [0.1, 0.15) is 7.05 Å². The Bertz CT molecular complexity index is 245. The van der Waals surface area contributed by atoms with Crippen molar-refractivity contribution in [3.05, 3.63) is 30.1 Å². The van der Waals surface area contributed by atoms with Crippen LogP contribution in [0.4, 0.5) is 0 Å². The predicted octanol–water partition coefficient (Wildman–Crippen LogP) is 0.492. The average Bonchev–Trinajstić information content (AvgIpc) is 1.88. The Morgan fingerprint density at radius 2 is 2.44 bits per heavy atom. The van der Waals surface area contributed by atoms with Gasteiger partial charge in [0, 0.05) is 6.07 Å². The molecule has 1 heteroatoms. The van der Waals surface area contributed by atoms with Crippen LogP contribution in [0, 0.1) is 12.3 Å². The molecule has 0 radical (unpaired) electrons. The highest BCUT2D eigenvalue weighted by atomic mass is 14.9. The van der Waals surface area contributed by atoms with Crippen LogP contribution in [0.15, 0.2) is 24.5 Å². The summed E-state index contributed by atoms with van der Waals surface area (Å²) in [6.45, 7) is 0. The number of pyridine rings is 1. The second-order valence-electron chi connectivity index (χ2n) is 1.90. The SMILES string of the molecule is C#Cc1ccc[n+](C)c1. The van der Waals surface area contributed by atoms with Crippen LogP contribution in [0.1, 0.15) is 5.56 Å². The van der Waals surface area contributed by atoms with Gasteiger partial charge in [-0.05, 0) is 6.07 Å². The third-order valence-electron chi connectivity index (χ3n) is 1.11. The molecule has 0 bridgehead atoms. The van der Waals surface area contributed by atoms with E-state index in [4.69, 9.17) is 6.42 Å². The molecule has 0 fully saturated rings. The average molecular weight is 118 g/mol. The molecule has 1 nitrogen and oxygen atoms in total. The number of terminal acetylenes is 1. The van der Waals surface area contributed by atoms with E-state index in [0.717, 1.165) is 5.56 Å². The van der Waals surface area contributed by atoms with Crippen LogP contribution in [0.2, 0.25) is 0 Å². The first kappa shape index (κ1) is 5.84. The van der Waals surface area contributed by atoms with Crippen molar-refractivity contribution in [1.29, 1.82) is 0 Å². The molecule has 1 aromatic rings. The van der Waals surface area contributed by atoms with E-state index >= 15 is 0 Å². The van der Waals surface area contributed by atoms with Crippen molar-refractivity contribution in [2.75, 3.05) is 0 Å². The fourth-order valence-electron chi connectivity index (χ4n) is 0.673. The summed E-state index contributed by atoms with van der Waals surface area (Å²) in [7, 11) is 1.95. The molecule has 0 aliphatic rings. The Morgan fingerprint density at radius 3 is 2.89 bits per heavy atom. The highest BCUT2D eigenvalue weighted by molar-refractivity contribution is 5.26. The van der Waals surface area contributed by atoms with Crippen molar-refractivity contribution in [3.8, 4) is 12.3 Å². The lowest BCUT2D eigenvalue weighted by Crippen LogP contribution is -2.26. The van der Waals surface area contributed by atoms with Crippen molar-refractivity contribution in [1.82, 2.24) is 0 Å². The molecule has 1 rings (SSSR count). The smallest absolute Gasteiger partial charge is 0.184 e. The number of rotatable bonds is 0. The molecule has 44 valence electrons. The van der Waals surface area contributed by atoms with Crippen LogP contribution in [-0.2, 0) is 7.05 Å². The van der Waals surface area contributed by atoms with E-state index in [1.54, 1.807) is 0 Å². The number of hydrogen-bond donors (Lipinski definition) is 0. The summed E-state index contributed by atoms with van der Waals surface area (Å²) in [4.78, 5) is 0. The summed E-state index contributed by atoms with van der Waals surface area (Å²) in [5.74, 6) is 2.55. The summed E-state index contributed by atoms with van der Waals surface area (Å²) in [5.41, 5.74) is 0.917. The number of nitrogens with zero attached hydrogens (tertiary/aromatic N) is 1. The lowest BCUT2D eigenvalue weighted by Gasteiger charge is -1.85. The zero-order valence-corrected chi connectivity index (χ0v) is 5.33. The van der Waals surface area contributed by atoms with Crippen molar-refractivity contribution >= 4 is 0 Å². The van der Waals surface area contributed by atoms with E-state index in [2.05, 4.69) is 5.92 Å². The third-order valence-corrected chi connectivity index (χ3v) is 1.11. The van der Waals surface area contributed by atoms with Crippen LogP contribution < -0.4 is 4.57 Å². The largest absolute Gasteiger partial charge is 0.207 e. The van der Waals surface area contributed by atoms with Gasteiger partial charge in [-0.1, -0.05) is 5.92 Å². The van der Waals surface area contributed by atoms with Crippen LogP contribution in [0.25, 0.3) is 0 Å². The van der Waals surface area contributed by atoms with Gasteiger partial charge in [0.15, 0.2) is 12.4 Å². The predicted molar refractivity (Wildman–Crippen MR) is 35.6 cm³/mol. The molecule has 0 unspecified atom stereocenters. The molecule has 0 aliphatic heterocycles. The Labute approximate surface area is 55.0 Å². The Hall–Kier alpha value is -1.29. The molecule has 1 aromatic heterocycles. The maximum atomic E-state index is 5.16. The molecule has 0 saturated heterocycles. The molecule has 0 N–H and O–H groups in total. The topological polar surface area (TPSA) is 3.88 Å². The van der Waals surface area contributed by atoms with Gasteiger partial charge < -0.3 is 0 Å². The van der Waals surface area contributed by atoms with E-state index < -0.39 is 0 Å². The monoisotopic (exact) mass is 118 g/mol. The van der Waals surface area contributed by atoms with E-state index in [0.29, 0.717) is 0 Å². The number of aryl methyl sites for hydroxylation is 1. The molecule has 0 aliphatic carbocycles. The maximum Gasteiger partial charge on any atom is 0.184 e. The summed E-state index contributed by atoms with van der Waals surface area (Å²) < 4.78 is 1.93. The number of aromatic nitrogens is 1. The summed E-state index contributed by atoms with van der Waals surface area (Å²) in [6, 6.07) is 3.83. The van der Waals surface area contributed by atoms with E-state index in [9.17, 15) is 0 Å². The first-order valence-electron chi connectivity index (χ1n) is 2.75. The zero-order valence-electron chi connectivity index (χ0n) is 5.33. The normalized spacial score (nSPS) is 8.44. The molecule has 0 spiro atoms. The van der Waals surface area contributed by atoms with Gasteiger partial charge in [-0.3, -0.25) is 0 Å². The quantitative estimate of drug-likeness (QED) is 0.345. The van der Waals surface area contributed by atoms with Crippen molar-refractivity contribution < 1.29 is 4.57 Å². The number of hydrogen-bond acceptors (Lipinski definition) is 0. The van der Waals surface area contributed by atoms with E-state index in [1.165, 1.54) is 0 Å². The fraction of sp³-hybridized carbons (Fsp3) is 0.125. The minimum absolute atomic E-state index is 0.917. The van der Waals surface area contributed by atoms with Crippen LogP contribution in [0.3, 0.4) is 0 Å². The highest BCUT2D eigenvalue weighted by Gasteiger charge is 1.90. The van der Waals surface area contributed by atoms with Gasteiger partial charge in [-0.15, -0.1) is 6.42 Å². The lowest BCUT2D eigenvalue weighted by atomic mass is 10.3. The van der Waals surface area contributed by atoms with Crippen LogP contribution >= 0.6 is 0 Å². The Morgan fingerprint density at radius 1 is 1.67 bits per heavy atom. The van der Waals surface area contributed by atoms with Gasteiger partial charge in [0.05, 0.1) is 5.56 Å². The molecule has 1 heterocycles. The molecule has 0 amide bonds.